The van der Waals surface area contributed by atoms with Crippen LogP contribution in [0.3, 0.4) is 0 Å². The lowest BCUT2D eigenvalue weighted by Crippen LogP contribution is -2.25. The Kier molecular flexibility index (Phi) is 7.00. The van der Waals surface area contributed by atoms with E-state index in [1.54, 1.807) is 0 Å². The van der Waals surface area contributed by atoms with Crippen LogP contribution in [0.5, 0.6) is 0 Å². The van der Waals surface area contributed by atoms with E-state index in [9.17, 15) is 13.2 Å². The van der Waals surface area contributed by atoms with Gasteiger partial charge in [-0.05, 0) is 55.1 Å². The monoisotopic (exact) mass is 415 g/mol. The van der Waals surface area contributed by atoms with Gasteiger partial charge < -0.3 is 20.1 Å². The molecule has 1 saturated carbocycles. The number of carbonyl (C=O) groups is 1. The van der Waals surface area contributed by atoms with Crippen molar-refractivity contribution in [2.24, 2.45) is 17.8 Å². The lowest BCUT2D eigenvalue weighted by molar-refractivity contribution is -0.192. The molecule has 1 aliphatic carbocycles. The van der Waals surface area contributed by atoms with Gasteiger partial charge in [-0.15, -0.1) is 0 Å². The number of anilines is 1. The summed E-state index contributed by atoms with van der Waals surface area (Å²) >= 11 is 0. The fourth-order valence-electron chi connectivity index (χ4n) is 4.24. The normalized spacial score (nSPS) is 27.9. The highest BCUT2D eigenvalue weighted by Crippen LogP contribution is 2.50. The van der Waals surface area contributed by atoms with Crippen LogP contribution in [0.15, 0.2) is 18.5 Å². The van der Waals surface area contributed by atoms with Gasteiger partial charge in [0.2, 0.25) is 0 Å². The van der Waals surface area contributed by atoms with Crippen LogP contribution < -0.4 is 10.2 Å². The summed E-state index contributed by atoms with van der Waals surface area (Å²) in [5.74, 6) is 0.446. The smallest absolute Gasteiger partial charge is 0.475 e. The number of aliphatic carboxylic acids is 1. The maximum absolute atomic E-state index is 10.6. The van der Waals surface area contributed by atoms with Crippen LogP contribution in [-0.4, -0.2) is 61.6 Å². The number of nitrogens with one attached hydrogen (secondary N) is 1. The van der Waals surface area contributed by atoms with E-state index in [1.165, 1.54) is 50.3 Å². The van der Waals surface area contributed by atoms with Crippen LogP contribution in [0.25, 0.3) is 0 Å². The molecule has 3 fully saturated rings. The van der Waals surface area contributed by atoms with Crippen molar-refractivity contribution in [3.8, 4) is 0 Å². The van der Waals surface area contributed by atoms with E-state index in [1.807, 2.05) is 0 Å². The zero-order chi connectivity index (χ0) is 21.0. The Hall–Kier alpha value is -1.87. The molecule has 0 amide bonds. The first-order chi connectivity index (χ1) is 13.8. The molecule has 4 rings (SSSR count). The maximum atomic E-state index is 10.6. The van der Waals surface area contributed by atoms with Crippen molar-refractivity contribution in [1.29, 1.82) is 0 Å². The van der Waals surface area contributed by atoms with Crippen molar-refractivity contribution >= 4 is 11.7 Å². The van der Waals surface area contributed by atoms with Crippen LogP contribution in [0.1, 0.15) is 31.2 Å². The third-order valence-corrected chi connectivity index (χ3v) is 5.93. The predicted molar refractivity (Wildman–Crippen MR) is 102 cm³/mol. The van der Waals surface area contributed by atoms with Crippen molar-refractivity contribution in [2.75, 3.05) is 44.3 Å². The molecular formula is C20H28F3N3O3. The van der Waals surface area contributed by atoms with Crippen molar-refractivity contribution in [1.82, 2.24) is 10.3 Å². The lowest BCUT2D eigenvalue weighted by Gasteiger charge is -2.20. The highest BCUT2D eigenvalue weighted by atomic mass is 19.4. The second kappa shape index (κ2) is 9.30. The van der Waals surface area contributed by atoms with E-state index in [4.69, 9.17) is 14.6 Å². The second-order valence-corrected chi connectivity index (χ2v) is 7.95. The van der Waals surface area contributed by atoms with Crippen LogP contribution in [-0.2, 0) is 9.53 Å². The van der Waals surface area contributed by atoms with Crippen LogP contribution >= 0.6 is 0 Å². The molecule has 0 aromatic carbocycles. The van der Waals surface area contributed by atoms with Crippen LogP contribution in [0, 0.1) is 17.8 Å². The van der Waals surface area contributed by atoms with Crippen molar-refractivity contribution in [3.63, 3.8) is 0 Å². The number of rotatable bonds is 6. The van der Waals surface area contributed by atoms with Crippen molar-refractivity contribution in [2.45, 2.75) is 31.9 Å². The Morgan fingerprint density at radius 3 is 2.55 bits per heavy atom. The first-order valence-corrected chi connectivity index (χ1v) is 10.1. The SMILES string of the molecule is CCOCC[C@H]1C[C@@H]1c1cncc(N2C[C@H]3CNC[C@H]3C2)c1.O=C(O)C(F)(F)F. The zero-order valence-corrected chi connectivity index (χ0v) is 16.5. The van der Waals surface area contributed by atoms with Gasteiger partial charge in [-0.25, -0.2) is 4.79 Å². The van der Waals surface area contributed by atoms with Crippen LogP contribution in [0.4, 0.5) is 18.9 Å². The summed E-state index contributed by atoms with van der Waals surface area (Å²) in [4.78, 5) is 16.0. The van der Waals surface area contributed by atoms with Gasteiger partial charge in [0.1, 0.15) is 0 Å². The van der Waals surface area contributed by atoms with Gasteiger partial charge in [-0.1, -0.05) is 0 Å². The minimum atomic E-state index is -5.08. The molecule has 1 aromatic rings. The van der Waals surface area contributed by atoms with E-state index in [-0.39, 0.29) is 0 Å². The molecule has 3 heterocycles. The van der Waals surface area contributed by atoms with Gasteiger partial charge in [0.15, 0.2) is 0 Å². The summed E-state index contributed by atoms with van der Waals surface area (Å²) < 4.78 is 37.2. The summed E-state index contributed by atoms with van der Waals surface area (Å²) in [7, 11) is 0. The Morgan fingerprint density at radius 1 is 1.31 bits per heavy atom. The fourth-order valence-corrected chi connectivity index (χ4v) is 4.24. The highest BCUT2D eigenvalue weighted by Gasteiger charge is 2.40. The number of hydrogen-bond acceptors (Lipinski definition) is 5. The molecule has 2 aliphatic heterocycles. The Morgan fingerprint density at radius 2 is 1.97 bits per heavy atom. The summed E-state index contributed by atoms with van der Waals surface area (Å²) in [6.45, 7) is 8.59. The first kappa shape index (κ1) is 21.8. The molecule has 6 nitrogen and oxygen atoms in total. The quantitative estimate of drug-likeness (QED) is 0.696. The molecule has 2 saturated heterocycles. The molecule has 1 aromatic heterocycles. The minimum absolute atomic E-state index is 0.719. The molecule has 0 spiro atoms. The topological polar surface area (TPSA) is 74.7 Å². The van der Waals surface area contributed by atoms with E-state index in [0.29, 0.717) is 0 Å². The van der Waals surface area contributed by atoms with Gasteiger partial charge in [-0.2, -0.15) is 13.2 Å². The number of ether oxygens (including phenoxy) is 1. The third-order valence-electron chi connectivity index (χ3n) is 5.93. The van der Waals surface area contributed by atoms with E-state index in [2.05, 4.69) is 40.6 Å². The Balaban J connectivity index is 0.000000298. The molecule has 3 aliphatic rings. The predicted octanol–water partition coefficient (Wildman–Crippen LogP) is 2.90. The van der Waals surface area contributed by atoms with Gasteiger partial charge in [0.05, 0.1) is 11.9 Å². The molecule has 0 radical (unpaired) electrons. The highest BCUT2D eigenvalue weighted by molar-refractivity contribution is 5.73. The van der Waals surface area contributed by atoms with Gasteiger partial charge in [0.25, 0.3) is 0 Å². The molecule has 0 unspecified atom stereocenters. The fraction of sp³-hybridized carbons (Fsp3) is 0.700. The van der Waals surface area contributed by atoms with Gasteiger partial charge >= 0.3 is 12.1 Å². The number of nitrogens with zero attached hydrogens (tertiary/aromatic N) is 2. The molecule has 9 heteroatoms. The van der Waals surface area contributed by atoms with Crippen LogP contribution in [0.2, 0.25) is 0 Å². The number of carboxylic acids is 1. The summed E-state index contributed by atoms with van der Waals surface area (Å²) in [6, 6.07) is 2.40. The number of fused-ring (bicyclic) bond motifs is 1. The maximum Gasteiger partial charge on any atom is 0.490 e. The van der Waals surface area contributed by atoms with Gasteiger partial charge in [0, 0.05) is 45.6 Å². The first-order valence-electron chi connectivity index (χ1n) is 10.1. The number of pyridine rings is 1. The average Bonchev–Trinajstić information content (AvgIpc) is 3.11. The molecular weight excluding hydrogens is 387 g/mol. The largest absolute Gasteiger partial charge is 0.490 e. The summed E-state index contributed by atoms with van der Waals surface area (Å²) in [6.07, 6.45) is 1.55. The standard InChI is InChI=1S/C18H27N3O.C2HF3O2/c1-2-22-4-3-13-6-18(13)14-5-17(10-20-7-14)21-11-15-8-19-9-16(15)12-21;3-2(4,5)1(6)7/h5,7,10,13,15-16,18-19H,2-4,6,8-9,11-12H2,1H3;(H,6,7)/t13-,15-,16+,18-;/m0./s1. The number of carboxylic acid groups (broad SMARTS) is 1. The van der Waals surface area contributed by atoms with E-state index >= 15 is 0 Å². The minimum Gasteiger partial charge on any atom is -0.475 e. The second-order valence-electron chi connectivity index (χ2n) is 7.95. The van der Waals surface area contributed by atoms with Crippen molar-refractivity contribution in [3.05, 3.63) is 24.0 Å². The van der Waals surface area contributed by atoms with Gasteiger partial charge in [-0.3, -0.25) is 4.98 Å². The summed E-state index contributed by atoms with van der Waals surface area (Å²) in [5.41, 5.74) is 2.77. The number of hydrogen-bond donors (Lipinski definition) is 2. The third kappa shape index (κ3) is 5.82. The molecule has 4 atom stereocenters. The number of alkyl halides is 3. The Labute approximate surface area is 168 Å². The average molecular weight is 415 g/mol. The molecule has 29 heavy (non-hydrogen) atoms. The number of halogens is 3. The number of aromatic nitrogens is 1. The lowest BCUT2D eigenvalue weighted by atomic mass is 10.0. The molecule has 0 bridgehead atoms. The summed E-state index contributed by atoms with van der Waals surface area (Å²) in [5, 5.41) is 10.6. The molecule has 162 valence electrons. The van der Waals surface area contributed by atoms with E-state index < -0.39 is 12.1 Å². The molecule has 2 N–H and O–H groups in total. The Bertz CT molecular complexity index is 689. The van der Waals surface area contributed by atoms with E-state index in [0.717, 1.165) is 36.9 Å². The zero-order valence-electron chi connectivity index (χ0n) is 16.5. The van der Waals surface area contributed by atoms with Crippen molar-refractivity contribution < 1.29 is 27.8 Å².